The Morgan fingerprint density at radius 1 is 1.10 bits per heavy atom. The molecule has 3 aromatic rings. The van der Waals surface area contributed by atoms with E-state index in [0.717, 1.165) is 36.5 Å². The van der Waals surface area contributed by atoms with Gasteiger partial charge in [0.15, 0.2) is 15.7 Å². The maximum atomic E-state index is 13.0. The summed E-state index contributed by atoms with van der Waals surface area (Å²) < 4.78 is 32.3. The fourth-order valence-corrected chi connectivity index (χ4v) is 8.25. The number of nitrogens with one attached hydrogen (secondary N) is 2. The number of hydrogen-bond donors (Lipinski definition) is 2. The molecule has 1 fully saturated rings. The average molecular weight is 747 g/mol. The molecule has 0 unspecified atom stereocenters. The first-order valence-electron chi connectivity index (χ1n) is 16.6. The Labute approximate surface area is 305 Å². The lowest BCUT2D eigenvalue weighted by Crippen LogP contribution is -2.37. The number of piperidine rings is 1. The van der Waals surface area contributed by atoms with Crippen molar-refractivity contribution in [2.24, 2.45) is 0 Å². The molecule has 49 heavy (non-hydrogen) atoms. The van der Waals surface area contributed by atoms with Gasteiger partial charge in [-0.15, -0.1) is 0 Å². The summed E-state index contributed by atoms with van der Waals surface area (Å²) in [6.07, 6.45) is 3.08. The summed E-state index contributed by atoms with van der Waals surface area (Å²) in [5.74, 6) is 2.00. The molecule has 4 rings (SSSR count). The normalized spacial score (nSPS) is 13.9. The number of sulfone groups is 1. The van der Waals surface area contributed by atoms with Crippen LogP contribution in [0, 0.1) is 6.92 Å². The number of carbonyl (C=O) groups excluding carboxylic acids is 1. The fraction of sp³-hybridized carbons (Fsp3) is 0.486. The molecule has 2 heterocycles. The summed E-state index contributed by atoms with van der Waals surface area (Å²) in [6, 6.07) is 10.8. The second-order valence-electron chi connectivity index (χ2n) is 12.5. The van der Waals surface area contributed by atoms with Gasteiger partial charge in [0, 0.05) is 26.2 Å². The van der Waals surface area contributed by atoms with Crippen LogP contribution in [0.3, 0.4) is 0 Å². The van der Waals surface area contributed by atoms with Gasteiger partial charge in [-0.1, -0.05) is 47.7 Å². The lowest BCUT2D eigenvalue weighted by atomic mass is 9.86. The van der Waals surface area contributed by atoms with Gasteiger partial charge in [-0.3, -0.25) is 4.79 Å². The topological polar surface area (TPSA) is 117 Å². The first-order chi connectivity index (χ1) is 23.2. The van der Waals surface area contributed by atoms with Crippen LogP contribution >= 0.6 is 35.6 Å². The highest BCUT2D eigenvalue weighted by Crippen LogP contribution is 2.39. The van der Waals surface area contributed by atoms with Crippen LogP contribution in [0.2, 0.25) is 5.02 Å². The van der Waals surface area contributed by atoms with E-state index < -0.39 is 15.1 Å². The summed E-state index contributed by atoms with van der Waals surface area (Å²) in [6.45, 7) is 16.5. The minimum absolute atomic E-state index is 0.0786. The maximum Gasteiger partial charge on any atom is 0.282 e. The van der Waals surface area contributed by atoms with Crippen molar-refractivity contribution < 1.29 is 17.9 Å². The smallest absolute Gasteiger partial charge is 0.282 e. The standard InChI is InChI=1S/C35H47ClN6O4S3/c1-8-41(9-2)32(47)21-48-35(43)42-16-14-25(15-17-42)26-19-30(46-22(3)4)29(18-24(26)7)39-34-37-20-27(36)33(40-34)38-28-12-10-11-13-31(28)49(44,45)23(5)6/h10-13,18-20,22-23,25H,8-9,14-17,21H2,1-7H3,(H2,37,38,39,40). The van der Waals surface area contributed by atoms with E-state index in [1.54, 1.807) is 38.1 Å². The Morgan fingerprint density at radius 3 is 2.41 bits per heavy atom. The highest BCUT2D eigenvalue weighted by molar-refractivity contribution is 8.14. The lowest BCUT2D eigenvalue weighted by Gasteiger charge is -2.33. The van der Waals surface area contributed by atoms with Crippen molar-refractivity contribution in [2.45, 2.75) is 83.5 Å². The molecule has 0 radical (unpaired) electrons. The van der Waals surface area contributed by atoms with Crippen molar-refractivity contribution in [3.8, 4) is 5.75 Å². The monoisotopic (exact) mass is 746 g/mol. The molecule has 0 atom stereocenters. The van der Waals surface area contributed by atoms with Gasteiger partial charge >= 0.3 is 0 Å². The molecular weight excluding hydrogens is 700 g/mol. The van der Waals surface area contributed by atoms with Gasteiger partial charge in [0.1, 0.15) is 10.8 Å². The highest BCUT2D eigenvalue weighted by Gasteiger charge is 2.27. The number of thioether (sulfide) groups is 1. The quantitative estimate of drug-likeness (QED) is 0.164. The molecule has 1 aliphatic heterocycles. The molecular formula is C35H47ClN6O4S3. The van der Waals surface area contributed by atoms with E-state index in [1.165, 1.54) is 23.5 Å². The molecule has 1 aliphatic rings. The Bertz CT molecular complexity index is 1740. The highest BCUT2D eigenvalue weighted by atomic mass is 35.5. The number of aryl methyl sites for hydroxylation is 1. The zero-order valence-corrected chi connectivity index (χ0v) is 32.5. The number of ether oxygens (including phenoxy) is 1. The number of carbonyl (C=O) groups is 1. The Balaban J connectivity index is 1.51. The summed E-state index contributed by atoms with van der Waals surface area (Å²) in [5.41, 5.74) is 3.34. The van der Waals surface area contributed by atoms with E-state index >= 15 is 0 Å². The zero-order chi connectivity index (χ0) is 35.9. The molecule has 0 saturated carbocycles. The number of rotatable bonds is 13. The Morgan fingerprint density at radius 2 is 1.78 bits per heavy atom. The largest absolute Gasteiger partial charge is 0.489 e. The number of amides is 1. The minimum Gasteiger partial charge on any atom is -0.489 e. The van der Waals surface area contributed by atoms with Gasteiger partial charge in [0.05, 0.1) is 44.6 Å². The Hall–Kier alpha value is -3.13. The summed E-state index contributed by atoms with van der Waals surface area (Å²) in [7, 11) is -3.56. The van der Waals surface area contributed by atoms with Crippen LogP contribution in [0.4, 0.5) is 27.9 Å². The van der Waals surface area contributed by atoms with E-state index in [2.05, 4.69) is 52.3 Å². The predicted molar refractivity (Wildman–Crippen MR) is 206 cm³/mol. The second kappa shape index (κ2) is 17.2. The predicted octanol–water partition coefficient (Wildman–Crippen LogP) is 8.60. The number of hydrogen-bond acceptors (Lipinski definition) is 10. The lowest BCUT2D eigenvalue weighted by molar-refractivity contribution is 0.205. The number of benzene rings is 2. The SMILES string of the molecule is CCN(CC)C(=S)CSC(=O)N1CCC(c2cc(OC(C)C)c(Nc3ncc(Cl)c(Nc4ccccc4S(=O)(=O)C(C)C)n3)cc2C)CC1. The van der Waals surface area contributed by atoms with Crippen molar-refractivity contribution in [2.75, 3.05) is 42.6 Å². The fourth-order valence-electron chi connectivity index (χ4n) is 5.68. The van der Waals surface area contributed by atoms with E-state index in [1.807, 2.05) is 24.8 Å². The second-order valence-corrected chi connectivity index (χ2v) is 16.8. The molecule has 1 saturated heterocycles. The van der Waals surface area contributed by atoms with Gasteiger partial charge in [0.25, 0.3) is 5.24 Å². The van der Waals surface area contributed by atoms with E-state index in [0.29, 0.717) is 36.0 Å². The van der Waals surface area contributed by atoms with E-state index in [-0.39, 0.29) is 38.9 Å². The molecule has 1 aromatic heterocycles. The first-order valence-corrected chi connectivity index (χ1v) is 20.0. The van der Waals surface area contributed by atoms with Crippen molar-refractivity contribution >= 4 is 78.8 Å². The molecule has 0 bridgehead atoms. The van der Waals surface area contributed by atoms with E-state index in [9.17, 15) is 13.2 Å². The van der Waals surface area contributed by atoms with Crippen LogP contribution in [0.5, 0.6) is 5.75 Å². The third-order valence-electron chi connectivity index (χ3n) is 8.42. The van der Waals surface area contributed by atoms with Crippen LogP contribution in [0.15, 0.2) is 47.5 Å². The average Bonchev–Trinajstić information content (AvgIpc) is 3.07. The molecule has 0 spiro atoms. The number of para-hydroxylation sites is 1. The van der Waals surface area contributed by atoms with Crippen LogP contribution in [0.1, 0.15) is 71.4 Å². The maximum absolute atomic E-state index is 13.0. The van der Waals surface area contributed by atoms with Gasteiger partial charge in [-0.05, 0) is 103 Å². The molecule has 10 nitrogen and oxygen atoms in total. The van der Waals surface area contributed by atoms with E-state index in [4.69, 9.17) is 28.6 Å². The molecule has 1 amide bonds. The van der Waals surface area contributed by atoms with Gasteiger partial charge in [0.2, 0.25) is 5.95 Å². The molecule has 266 valence electrons. The van der Waals surface area contributed by atoms with Gasteiger partial charge in [-0.25, -0.2) is 13.4 Å². The van der Waals surface area contributed by atoms with Crippen molar-refractivity contribution in [3.63, 3.8) is 0 Å². The summed E-state index contributed by atoms with van der Waals surface area (Å²) >= 11 is 13.3. The Kier molecular flexibility index (Phi) is 13.6. The molecule has 2 N–H and O–H groups in total. The van der Waals surface area contributed by atoms with Crippen molar-refractivity contribution in [3.05, 3.63) is 58.7 Å². The van der Waals surface area contributed by atoms with Crippen LogP contribution in [-0.4, -0.2) is 81.7 Å². The van der Waals surface area contributed by atoms with Crippen LogP contribution in [0.25, 0.3) is 0 Å². The number of nitrogens with zero attached hydrogens (tertiary/aromatic N) is 4. The third kappa shape index (κ3) is 9.77. The van der Waals surface area contributed by atoms with Crippen molar-refractivity contribution in [1.29, 1.82) is 0 Å². The minimum atomic E-state index is -3.56. The molecule has 14 heteroatoms. The number of anilines is 4. The number of thiocarbonyl (C=S) groups is 1. The van der Waals surface area contributed by atoms with Crippen LogP contribution < -0.4 is 15.4 Å². The van der Waals surface area contributed by atoms with Gasteiger partial charge in [-0.2, -0.15) is 4.98 Å². The molecule has 2 aromatic carbocycles. The summed E-state index contributed by atoms with van der Waals surface area (Å²) in [4.78, 5) is 27.0. The molecule has 0 aliphatic carbocycles. The number of likely N-dealkylation sites (tertiary alicyclic amines) is 1. The third-order valence-corrected chi connectivity index (χ3v) is 12.4. The van der Waals surface area contributed by atoms with Crippen molar-refractivity contribution in [1.82, 2.24) is 19.8 Å². The van der Waals surface area contributed by atoms with Crippen LogP contribution in [-0.2, 0) is 9.84 Å². The number of halogens is 1. The first kappa shape index (κ1) is 38.7. The number of aromatic nitrogens is 2. The van der Waals surface area contributed by atoms with Gasteiger partial charge < -0.3 is 25.2 Å². The zero-order valence-electron chi connectivity index (χ0n) is 29.2. The summed E-state index contributed by atoms with van der Waals surface area (Å²) in [5, 5.41) is 6.11.